The summed E-state index contributed by atoms with van der Waals surface area (Å²) in [5.41, 5.74) is 0. The van der Waals surface area contributed by atoms with Crippen LogP contribution in [-0.2, 0) is 9.53 Å². The summed E-state index contributed by atoms with van der Waals surface area (Å²) < 4.78 is 5.00. The Labute approximate surface area is 90.4 Å². The molecule has 2 N–H and O–H groups in total. The van der Waals surface area contributed by atoms with Crippen molar-refractivity contribution in [3.05, 3.63) is 0 Å². The van der Waals surface area contributed by atoms with Crippen molar-refractivity contribution >= 4 is 5.91 Å². The molecule has 0 aromatic heterocycles. The number of amides is 1. The lowest BCUT2D eigenvalue weighted by molar-refractivity contribution is -0.134. The molecule has 1 aliphatic rings. The topological polar surface area (TPSA) is 61.8 Å². The fourth-order valence-electron chi connectivity index (χ4n) is 1.72. The lowest BCUT2D eigenvalue weighted by Crippen LogP contribution is -2.46. The number of aliphatic hydroxyl groups is 1. The molecule has 1 heterocycles. The van der Waals surface area contributed by atoms with E-state index in [9.17, 15) is 9.90 Å². The molecule has 0 radical (unpaired) electrons. The van der Waals surface area contributed by atoms with Crippen LogP contribution in [0.4, 0.5) is 0 Å². The van der Waals surface area contributed by atoms with Gasteiger partial charge in [-0.25, -0.2) is 0 Å². The molecule has 3 unspecified atom stereocenters. The van der Waals surface area contributed by atoms with Crippen molar-refractivity contribution in [1.82, 2.24) is 10.2 Å². The van der Waals surface area contributed by atoms with Crippen LogP contribution < -0.4 is 5.32 Å². The van der Waals surface area contributed by atoms with E-state index in [1.54, 1.807) is 19.1 Å². The van der Waals surface area contributed by atoms with Crippen molar-refractivity contribution in [2.24, 2.45) is 0 Å². The van der Waals surface area contributed by atoms with Gasteiger partial charge in [-0.05, 0) is 13.3 Å². The van der Waals surface area contributed by atoms with Gasteiger partial charge in [0.25, 0.3) is 0 Å². The number of likely N-dealkylation sites (N-methyl/N-ethyl adjacent to an activating group) is 1. The second-order valence-electron chi connectivity index (χ2n) is 4.10. The van der Waals surface area contributed by atoms with Crippen molar-refractivity contribution in [1.29, 1.82) is 0 Å². The van der Waals surface area contributed by atoms with Crippen molar-refractivity contribution in [3.63, 3.8) is 0 Å². The molecule has 0 bridgehead atoms. The van der Waals surface area contributed by atoms with Gasteiger partial charge in [0.05, 0.1) is 24.8 Å². The molecule has 0 aromatic rings. The van der Waals surface area contributed by atoms with E-state index >= 15 is 0 Å². The normalized spacial score (nSPS) is 27.7. The summed E-state index contributed by atoms with van der Waals surface area (Å²) in [6.07, 6.45) is 0.105. The summed E-state index contributed by atoms with van der Waals surface area (Å²) in [5.74, 6) is 0.0242. The number of nitrogens with zero attached hydrogens (tertiary/aromatic N) is 1. The van der Waals surface area contributed by atoms with E-state index in [0.29, 0.717) is 19.6 Å². The van der Waals surface area contributed by atoms with Crippen molar-refractivity contribution < 1.29 is 14.6 Å². The largest absolute Gasteiger partial charge is 0.392 e. The summed E-state index contributed by atoms with van der Waals surface area (Å²) in [5, 5.41) is 12.3. The highest BCUT2D eigenvalue weighted by Gasteiger charge is 2.31. The van der Waals surface area contributed by atoms with Crippen LogP contribution in [-0.4, -0.2) is 61.4 Å². The zero-order chi connectivity index (χ0) is 11.4. The standard InChI is InChI=1S/C10H20N2O3/c1-7(6-15-3)12(2)10(14)9-4-8(13)5-11-9/h7-9,11,13H,4-6H2,1-3H3. The maximum atomic E-state index is 11.9. The van der Waals surface area contributed by atoms with Gasteiger partial charge in [-0.15, -0.1) is 0 Å². The number of rotatable bonds is 4. The van der Waals surface area contributed by atoms with E-state index < -0.39 is 6.10 Å². The average Bonchev–Trinajstić information content (AvgIpc) is 2.63. The zero-order valence-corrected chi connectivity index (χ0v) is 9.56. The Balaban J connectivity index is 2.45. The summed E-state index contributed by atoms with van der Waals surface area (Å²) >= 11 is 0. The quantitative estimate of drug-likeness (QED) is 0.646. The van der Waals surface area contributed by atoms with Gasteiger partial charge in [-0.2, -0.15) is 0 Å². The third-order valence-corrected chi connectivity index (χ3v) is 2.82. The molecule has 3 atom stereocenters. The van der Waals surface area contributed by atoms with Gasteiger partial charge in [0.15, 0.2) is 0 Å². The first-order chi connectivity index (χ1) is 7.06. The molecule has 5 nitrogen and oxygen atoms in total. The van der Waals surface area contributed by atoms with Gasteiger partial charge in [-0.3, -0.25) is 4.79 Å². The summed E-state index contributed by atoms with van der Waals surface area (Å²) in [6.45, 7) is 2.97. The average molecular weight is 216 g/mol. The molecule has 1 aliphatic heterocycles. The SMILES string of the molecule is COCC(C)N(C)C(=O)C1CC(O)CN1. The number of methoxy groups -OCH3 is 1. The minimum absolute atomic E-state index is 0.0242. The highest BCUT2D eigenvalue weighted by atomic mass is 16.5. The number of hydrogen-bond donors (Lipinski definition) is 2. The van der Waals surface area contributed by atoms with E-state index in [1.807, 2.05) is 6.92 Å². The van der Waals surface area contributed by atoms with Crippen molar-refractivity contribution in [2.75, 3.05) is 27.3 Å². The number of carbonyl (C=O) groups is 1. The molecule has 1 rings (SSSR count). The van der Waals surface area contributed by atoms with Crippen LogP contribution >= 0.6 is 0 Å². The number of aliphatic hydroxyl groups excluding tert-OH is 1. The first-order valence-corrected chi connectivity index (χ1v) is 5.23. The van der Waals surface area contributed by atoms with Crippen LogP contribution in [0.25, 0.3) is 0 Å². The Bertz CT molecular complexity index is 223. The van der Waals surface area contributed by atoms with Crippen LogP contribution in [0.1, 0.15) is 13.3 Å². The second-order valence-corrected chi connectivity index (χ2v) is 4.10. The smallest absolute Gasteiger partial charge is 0.239 e. The maximum Gasteiger partial charge on any atom is 0.239 e. The van der Waals surface area contributed by atoms with Gasteiger partial charge < -0.3 is 20.1 Å². The third-order valence-electron chi connectivity index (χ3n) is 2.82. The highest BCUT2D eigenvalue weighted by molar-refractivity contribution is 5.82. The van der Waals surface area contributed by atoms with Crippen LogP contribution in [0.3, 0.4) is 0 Å². The number of ether oxygens (including phenoxy) is 1. The van der Waals surface area contributed by atoms with Crippen LogP contribution in [0.15, 0.2) is 0 Å². The molecule has 88 valence electrons. The number of hydrogen-bond acceptors (Lipinski definition) is 4. The Morgan fingerprint density at radius 3 is 2.87 bits per heavy atom. The Hall–Kier alpha value is -0.650. The monoisotopic (exact) mass is 216 g/mol. The first-order valence-electron chi connectivity index (χ1n) is 5.23. The van der Waals surface area contributed by atoms with Crippen LogP contribution in [0, 0.1) is 0 Å². The molecule has 1 amide bonds. The molecular formula is C10H20N2O3. The minimum Gasteiger partial charge on any atom is -0.392 e. The predicted molar refractivity (Wildman–Crippen MR) is 56.5 cm³/mol. The van der Waals surface area contributed by atoms with E-state index in [1.165, 1.54) is 0 Å². The molecule has 0 saturated carbocycles. The molecule has 0 spiro atoms. The van der Waals surface area contributed by atoms with Gasteiger partial charge in [0.1, 0.15) is 0 Å². The highest BCUT2D eigenvalue weighted by Crippen LogP contribution is 2.10. The van der Waals surface area contributed by atoms with Gasteiger partial charge in [-0.1, -0.05) is 0 Å². The van der Waals surface area contributed by atoms with E-state index in [-0.39, 0.29) is 18.0 Å². The lowest BCUT2D eigenvalue weighted by Gasteiger charge is -2.27. The molecule has 1 fully saturated rings. The van der Waals surface area contributed by atoms with E-state index in [0.717, 1.165) is 0 Å². The summed E-state index contributed by atoms with van der Waals surface area (Å²) in [6, 6.07) is -0.189. The first kappa shape index (κ1) is 12.4. The number of β-amino-alcohol motifs (C(OH)–C–C–N with tert-alkyl or cyclic N) is 1. The zero-order valence-electron chi connectivity index (χ0n) is 9.56. The maximum absolute atomic E-state index is 11.9. The predicted octanol–water partition coefficient (Wildman–Crippen LogP) is -0.797. The van der Waals surface area contributed by atoms with Crippen molar-refractivity contribution in [3.8, 4) is 0 Å². The Morgan fingerprint density at radius 2 is 2.40 bits per heavy atom. The molecule has 0 aliphatic carbocycles. The van der Waals surface area contributed by atoms with E-state index in [2.05, 4.69) is 5.32 Å². The second kappa shape index (κ2) is 5.44. The third kappa shape index (κ3) is 3.15. The van der Waals surface area contributed by atoms with Crippen LogP contribution in [0.2, 0.25) is 0 Å². The number of nitrogens with one attached hydrogen (secondary N) is 1. The Morgan fingerprint density at radius 1 is 1.73 bits per heavy atom. The van der Waals surface area contributed by atoms with Gasteiger partial charge in [0.2, 0.25) is 5.91 Å². The summed E-state index contributed by atoms with van der Waals surface area (Å²) in [4.78, 5) is 13.6. The molecular weight excluding hydrogens is 196 g/mol. The molecule has 0 aromatic carbocycles. The van der Waals surface area contributed by atoms with E-state index in [4.69, 9.17) is 4.74 Å². The fourth-order valence-corrected chi connectivity index (χ4v) is 1.72. The number of carbonyl (C=O) groups excluding carboxylic acids is 1. The molecule has 1 saturated heterocycles. The van der Waals surface area contributed by atoms with Crippen LogP contribution in [0.5, 0.6) is 0 Å². The fraction of sp³-hybridized carbons (Fsp3) is 0.900. The Kier molecular flexibility index (Phi) is 4.50. The van der Waals surface area contributed by atoms with Gasteiger partial charge in [0, 0.05) is 20.7 Å². The molecule has 15 heavy (non-hydrogen) atoms. The minimum atomic E-state index is -0.398. The summed E-state index contributed by atoms with van der Waals surface area (Å²) in [7, 11) is 3.38. The lowest BCUT2D eigenvalue weighted by atomic mass is 10.1. The molecule has 5 heteroatoms. The van der Waals surface area contributed by atoms with Gasteiger partial charge >= 0.3 is 0 Å². The van der Waals surface area contributed by atoms with Crippen molar-refractivity contribution in [2.45, 2.75) is 31.5 Å².